The van der Waals surface area contributed by atoms with Gasteiger partial charge in [-0.2, -0.15) is 0 Å². The molecule has 0 aliphatic heterocycles. The van der Waals surface area contributed by atoms with Crippen LogP contribution in [0.5, 0.6) is 0 Å². The second-order valence-corrected chi connectivity index (χ2v) is 8.49. The van der Waals surface area contributed by atoms with Crippen LogP contribution in [0.25, 0.3) is 11.3 Å². The highest BCUT2D eigenvalue weighted by atomic mass is 32.2. The first-order valence-electron chi connectivity index (χ1n) is 9.14. The number of rotatable bonds is 8. The standard InChI is InChI=1S/C20H22N4O2S2/c1-3-4-10-15-11-17(25)23-20(21-15)28-13(2)18(26)24-19-22-16(12-27-19)14-8-6-5-7-9-14/h5-9,11-13H,3-4,10H2,1-2H3,(H,21,23,25)(H,22,24,26). The van der Waals surface area contributed by atoms with E-state index in [9.17, 15) is 9.59 Å². The summed E-state index contributed by atoms with van der Waals surface area (Å²) >= 11 is 2.62. The Hall–Kier alpha value is -2.45. The van der Waals surface area contributed by atoms with Gasteiger partial charge in [0.15, 0.2) is 10.3 Å². The SMILES string of the molecule is CCCCc1cc(=O)[nH]c(SC(C)C(=O)Nc2nc(-c3ccccc3)cs2)n1. The van der Waals surface area contributed by atoms with E-state index in [1.54, 1.807) is 6.92 Å². The number of benzene rings is 1. The van der Waals surface area contributed by atoms with Gasteiger partial charge in [-0.15, -0.1) is 11.3 Å². The third-order valence-corrected chi connectivity index (χ3v) is 5.76. The van der Waals surface area contributed by atoms with Gasteiger partial charge in [-0.3, -0.25) is 9.59 Å². The molecule has 0 fully saturated rings. The van der Waals surface area contributed by atoms with E-state index in [0.717, 1.165) is 36.2 Å². The highest BCUT2D eigenvalue weighted by Gasteiger charge is 2.18. The van der Waals surface area contributed by atoms with E-state index in [-0.39, 0.29) is 11.5 Å². The van der Waals surface area contributed by atoms with E-state index in [4.69, 9.17) is 0 Å². The zero-order valence-electron chi connectivity index (χ0n) is 15.8. The molecule has 1 aromatic carbocycles. The maximum atomic E-state index is 12.5. The zero-order chi connectivity index (χ0) is 19.9. The first-order valence-corrected chi connectivity index (χ1v) is 10.9. The van der Waals surface area contributed by atoms with Gasteiger partial charge in [0.05, 0.1) is 10.9 Å². The van der Waals surface area contributed by atoms with Crippen molar-refractivity contribution in [2.75, 3.05) is 5.32 Å². The lowest BCUT2D eigenvalue weighted by Gasteiger charge is -2.10. The molecule has 1 amide bonds. The molecule has 6 nitrogen and oxygen atoms in total. The number of carbonyl (C=O) groups is 1. The number of nitrogens with zero attached hydrogens (tertiary/aromatic N) is 2. The molecule has 2 N–H and O–H groups in total. The molecule has 1 atom stereocenters. The van der Waals surface area contributed by atoms with Crippen LogP contribution in [0.1, 0.15) is 32.4 Å². The summed E-state index contributed by atoms with van der Waals surface area (Å²) in [6, 6.07) is 11.3. The topological polar surface area (TPSA) is 87.7 Å². The Morgan fingerprint density at radius 1 is 1.29 bits per heavy atom. The fraction of sp³-hybridized carbons (Fsp3) is 0.300. The Kier molecular flexibility index (Phi) is 7.00. The molecule has 2 aromatic heterocycles. The second kappa shape index (κ2) is 9.66. The number of amides is 1. The minimum absolute atomic E-state index is 0.180. The van der Waals surface area contributed by atoms with E-state index in [1.165, 1.54) is 29.2 Å². The van der Waals surface area contributed by atoms with Gasteiger partial charge in [0, 0.05) is 22.7 Å². The van der Waals surface area contributed by atoms with Crippen LogP contribution in [0.2, 0.25) is 0 Å². The van der Waals surface area contributed by atoms with Crippen molar-refractivity contribution in [3.8, 4) is 11.3 Å². The first-order chi connectivity index (χ1) is 13.5. The minimum atomic E-state index is -0.423. The van der Waals surface area contributed by atoms with Crippen LogP contribution in [0.15, 0.2) is 51.7 Å². The number of nitrogens with one attached hydrogen (secondary N) is 2. The minimum Gasteiger partial charge on any atom is -0.301 e. The molecule has 1 unspecified atom stereocenters. The van der Waals surface area contributed by atoms with E-state index >= 15 is 0 Å². The molecule has 0 aliphatic carbocycles. The molecule has 0 saturated carbocycles. The van der Waals surface area contributed by atoms with E-state index < -0.39 is 5.25 Å². The van der Waals surface area contributed by atoms with E-state index in [2.05, 4.69) is 27.2 Å². The zero-order valence-corrected chi connectivity index (χ0v) is 17.4. The lowest BCUT2D eigenvalue weighted by atomic mass is 10.2. The molecule has 3 aromatic rings. The molecular formula is C20H22N4O2S2. The maximum absolute atomic E-state index is 12.5. The van der Waals surface area contributed by atoms with Gasteiger partial charge in [0.2, 0.25) is 5.91 Å². The third-order valence-electron chi connectivity index (χ3n) is 4.02. The van der Waals surface area contributed by atoms with Crippen LogP contribution in [-0.4, -0.2) is 26.1 Å². The van der Waals surface area contributed by atoms with Gasteiger partial charge < -0.3 is 10.3 Å². The van der Waals surface area contributed by atoms with Crippen LogP contribution in [0.3, 0.4) is 0 Å². The number of thiazole rings is 1. The maximum Gasteiger partial charge on any atom is 0.251 e. The van der Waals surface area contributed by atoms with Crippen molar-refractivity contribution in [1.82, 2.24) is 15.0 Å². The van der Waals surface area contributed by atoms with Crippen LogP contribution in [0.4, 0.5) is 5.13 Å². The number of aromatic nitrogens is 3. The van der Waals surface area contributed by atoms with Crippen LogP contribution < -0.4 is 10.9 Å². The summed E-state index contributed by atoms with van der Waals surface area (Å²) in [6.45, 7) is 3.88. The van der Waals surface area contributed by atoms with Gasteiger partial charge in [-0.25, -0.2) is 9.97 Å². The molecule has 0 radical (unpaired) electrons. The number of hydrogen-bond donors (Lipinski definition) is 2. The smallest absolute Gasteiger partial charge is 0.251 e. The predicted molar refractivity (Wildman–Crippen MR) is 115 cm³/mol. The number of unbranched alkanes of at least 4 members (excludes halogenated alkanes) is 1. The summed E-state index contributed by atoms with van der Waals surface area (Å²) < 4.78 is 0. The molecular weight excluding hydrogens is 392 g/mol. The largest absolute Gasteiger partial charge is 0.301 e. The Bertz CT molecular complexity index is 985. The highest BCUT2D eigenvalue weighted by molar-refractivity contribution is 8.00. The van der Waals surface area contributed by atoms with Crippen LogP contribution in [-0.2, 0) is 11.2 Å². The number of H-pyrrole nitrogens is 1. The molecule has 146 valence electrons. The summed E-state index contributed by atoms with van der Waals surface area (Å²) in [5, 5.41) is 5.35. The van der Waals surface area contributed by atoms with Gasteiger partial charge in [-0.1, -0.05) is 55.4 Å². The molecule has 8 heteroatoms. The molecule has 2 heterocycles. The van der Waals surface area contributed by atoms with Crippen molar-refractivity contribution < 1.29 is 4.79 Å². The first kappa shape index (κ1) is 20.3. The average molecular weight is 415 g/mol. The average Bonchev–Trinajstić information content (AvgIpc) is 3.15. The fourth-order valence-corrected chi connectivity index (χ4v) is 4.08. The van der Waals surface area contributed by atoms with Crippen molar-refractivity contribution in [1.29, 1.82) is 0 Å². The Balaban J connectivity index is 1.63. The number of carbonyl (C=O) groups excluding carboxylic acids is 1. The van der Waals surface area contributed by atoms with E-state index in [1.807, 2.05) is 35.7 Å². The van der Waals surface area contributed by atoms with Crippen molar-refractivity contribution >= 4 is 34.1 Å². The quantitative estimate of drug-likeness (QED) is 0.422. The van der Waals surface area contributed by atoms with Crippen molar-refractivity contribution in [2.45, 2.75) is 43.5 Å². The normalized spacial score (nSPS) is 11.9. The number of aromatic amines is 1. The van der Waals surface area contributed by atoms with Crippen molar-refractivity contribution in [2.24, 2.45) is 0 Å². The van der Waals surface area contributed by atoms with Crippen LogP contribution >= 0.6 is 23.1 Å². The van der Waals surface area contributed by atoms with E-state index in [0.29, 0.717) is 10.3 Å². The van der Waals surface area contributed by atoms with Gasteiger partial charge >= 0.3 is 0 Å². The Labute approximate surface area is 171 Å². The summed E-state index contributed by atoms with van der Waals surface area (Å²) in [6.07, 6.45) is 2.77. The lowest BCUT2D eigenvalue weighted by Crippen LogP contribution is -2.23. The fourth-order valence-electron chi connectivity index (χ4n) is 2.53. The molecule has 0 bridgehead atoms. The Morgan fingerprint density at radius 2 is 2.07 bits per heavy atom. The number of aryl methyl sites for hydroxylation is 1. The van der Waals surface area contributed by atoms with Crippen molar-refractivity contribution in [3.05, 3.63) is 57.8 Å². The summed E-state index contributed by atoms with van der Waals surface area (Å²) in [4.78, 5) is 36.0. The Morgan fingerprint density at radius 3 is 2.82 bits per heavy atom. The van der Waals surface area contributed by atoms with Crippen molar-refractivity contribution in [3.63, 3.8) is 0 Å². The van der Waals surface area contributed by atoms with Gasteiger partial charge in [0.1, 0.15) is 0 Å². The monoisotopic (exact) mass is 414 g/mol. The number of hydrogen-bond acceptors (Lipinski definition) is 6. The molecule has 3 rings (SSSR count). The lowest BCUT2D eigenvalue weighted by molar-refractivity contribution is -0.115. The van der Waals surface area contributed by atoms with Gasteiger partial charge in [0.25, 0.3) is 5.56 Å². The molecule has 0 saturated heterocycles. The molecule has 0 spiro atoms. The summed E-state index contributed by atoms with van der Waals surface area (Å²) in [5.41, 5.74) is 2.40. The van der Waals surface area contributed by atoms with Crippen LogP contribution in [0, 0.1) is 0 Å². The predicted octanol–water partition coefficient (Wildman–Crippen LogP) is 4.36. The summed E-state index contributed by atoms with van der Waals surface area (Å²) in [7, 11) is 0. The number of thioether (sulfide) groups is 1. The number of anilines is 1. The molecule has 0 aliphatic rings. The second-order valence-electron chi connectivity index (χ2n) is 6.30. The van der Waals surface area contributed by atoms with Gasteiger partial charge in [-0.05, 0) is 19.8 Å². The highest BCUT2D eigenvalue weighted by Crippen LogP contribution is 2.26. The summed E-state index contributed by atoms with van der Waals surface area (Å²) in [5.74, 6) is -0.180. The molecule has 28 heavy (non-hydrogen) atoms. The third kappa shape index (κ3) is 5.53.